The Kier molecular flexibility index (Phi) is 2.86. The lowest BCUT2D eigenvalue weighted by Gasteiger charge is -2.21. The molecule has 1 N–H and O–H groups in total. The maximum atomic E-state index is 12.0. The van der Waals surface area contributed by atoms with Gasteiger partial charge in [-0.05, 0) is 37.8 Å². The number of nitrogens with zero attached hydrogens (tertiary/aromatic N) is 2. The zero-order valence-corrected chi connectivity index (χ0v) is 9.82. The second kappa shape index (κ2) is 4.34. The van der Waals surface area contributed by atoms with Crippen LogP contribution in [0.3, 0.4) is 0 Å². The van der Waals surface area contributed by atoms with Gasteiger partial charge >= 0.3 is 0 Å². The number of likely N-dealkylation sites (tertiary alicyclic amines) is 2. The van der Waals surface area contributed by atoms with Crippen molar-refractivity contribution in [3.8, 4) is 0 Å². The Morgan fingerprint density at radius 2 is 1.75 bits per heavy atom. The SMILES string of the molecule is O=C(CN1CC2CNCC2C1)N1CCCC1. The average Bonchev–Trinajstić information content (AvgIpc) is 2.91. The molecule has 0 aromatic carbocycles. The van der Waals surface area contributed by atoms with Crippen molar-refractivity contribution < 1.29 is 4.79 Å². The number of nitrogens with one attached hydrogen (secondary N) is 1. The van der Waals surface area contributed by atoms with Crippen LogP contribution in [0, 0.1) is 11.8 Å². The molecule has 0 spiro atoms. The molecule has 1 amide bonds. The van der Waals surface area contributed by atoms with Crippen LogP contribution in [0.5, 0.6) is 0 Å². The first-order chi connectivity index (χ1) is 7.83. The zero-order valence-electron chi connectivity index (χ0n) is 9.82. The highest BCUT2D eigenvalue weighted by Crippen LogP contribution is 2.26. The van der Waals surface area contributed by atoms with Gasteiger partial charge in [-0.1, -0.05) is 0 Å². The third-order valence-corrected chi connectivity index (χ3v) is 4.28. The molecule has 0 radical (unpaired) electrons. The van der Waals surface area contributed by atoms with E-state index < -0.39 is 0 Å². The summed E-state index contributed by atoms with van der Waals surface area (Å²) in [7, 11) is 0. The zero-order chi connectivity index (χ0) is 11.0. The molecule has 3 heterocycles. The predicted octanol–water partition coefficient (Wildman–Crippen LogP) is -0.240. The minimum absolute atomic E-state index is 0.352. The van der Waals surface area contributed by atoms with E-state index >= 15 is 0 Å². The van der Waals surface area contributed by atoms with Gasteiger partial charge in [0.25, 0.3) is 0 Å². The van der Waals surface area contributed by atoms with Gasteiger partial charge in [0.1, 0.15) is 0 Å². The Balaban J connectivity index is 1.50. The molecule has 0 aliphatic carbocycles. The Morgan fingerprint density at radius 1 is 1.12 bits per heavy atom. The van der Waals surface area contributed by atoms with Gasteiger partial charge in [0.05, 0.1) is 6.54 Å². The smallest absolute Gasteiger partial charge is 0.236 e. The van der Waals surface area contributed by atoms with Gasteiger partial charge in [-0.3, -0.25) is 9.69 Å². The van der Waals surface area contributed by atoms with Crippen LogP contribution in [0.1, 0.15) is 12.8 Å². The van der Waals surface area contributed by atoms with Crippen LogP contribution in [-0.4, -0.2) is 61.5 Å². The molecular weight excluding hydrogens is 202 g/mol. The van der Waals surface area contributed by atoms with Gasteiger partial charge in [0.15, 0.2) is 0 Å². The van der Waals surface area contributed by atoms with Crippen LogP contribution < -0.4 is 5.32 Å². The fourth-order valence-corrected chi connectivity index (χ4v) is 3.34. The lowest BCUT2D eigenvalue weighted by molar-refractivity contribution is -0.131. The van der Waals surface area contributed by atoms with Crippen molar-refractivity contribution in [1.82, 2.24) is 15.1 Å². The van der Waals surface area contributed by atoms with Crippen LogP contribution in [0.15, 0.2) is 0 Å². The molecule has 4 nitrogen and oxygen atoms in total. The van der Waals surface area contributed by atoms with E-state index in [-0.39, 0.29) is 0 Å². The lowest BCUT2D eigenvalue weighted by atomic mass is 10.0. The summed E-state index contributed by atoms with van der Waals surface area (Å²) in [6.07, 6.45) is 2.39. The Hall–Kier alpha value is -0.610. The minimum atomic E-state index is 0.352. The first-order valence-electron chi connectivity index (χ1n) is 6.54. The molecule has 3 saturated heterocycles. The van der Waals surface area contributed by atoms with E-state index in [0.29, 0.717) is 12.5 Å². The third-order valence-electron chi connectivity index (χ3n) is 4.28. The summed E-state index contributed by atoms with van der Waals surface area (Å²) in [5, 5.41) is 3.43. The molecule has 0 aromatic heterocycles. The van der Waals surface area contributed by atoms with E-state index in [0.717, 1.165) is 51.1 Å². The highest BCUT2D eigenvalue weighted by Gasteiger charge is 2.37. The standard InChI is InChI=1S/C12H21N3O/c16-12(15-3-1-2-4-15)9-14-7-10-5-13-6-11(10)8-14/h10-11,13H,1-9H2. The summed E-state index contributed by atoms with van der Waals surface area (Å²) in [4.78, 5) is 16.4. The normalized spacial score (nSPS) is 34.6. The predicted molar refractivity (Wildman–Crippen MR) is 62.1 cm³/mol. The molecule has 16 heavy (non-hydrogen) atoms. The van der Waals surface area contributed by atoms with Gasteiger partial charge in [-0.2, -0.15) is 0 Å². The second-order valence-corrected chi connectivity index (χ2v) is 5.46. The summed E-state index contributed by atoms with van der Waals surface area (Å²) in [6.45, 7) is 7.18. The van der Waals surface area contributed by atoms with Crippen molar-refractivity contribution in [2.75, 3.05) is 45.8 Å². The van der Waals surface area contributed by atoms with Crippen molar-refractivity contribution in [3.05, 3.63) is 0 Å². The van der Waals surface area contributed by atoms with Crippen molar-refractivity contribution in [2.45, 2.75) is 12.8 Å². The van der Waals surface area contributed by atoms with Crippen LogP contribution in [-0.2, 0) is 4.79 Å². The van der Waals surface area contributed by atoms with Crippen molar-refractivity contribution >= 4 is 5.91 Å². The van der Waals surface area contributed by atoms with E-state index in [1.165, 1.54) is 12.8 Å². The highest BCUT2D eigenvalue weighted by molar-refractivity contribution is 5.78. The number of carbonyl (C=O) groups is 1. The van der Waals surface area contributed by atoms with E-state index in [1.54, 1.807) is 0 Å². The number of amides is 1. The molecule has 0 saturated carbocycles. The molecule has 3 aliphatic heterocycles. The Morgan fingerprint density at radius 3 is 2.38 bits per heavy atom. The van der Waals surface area contributed by atoms with Crippen LogP contribution in [0.2, 0.25) is 0 Å². The summed E-state index contributed by atoms with van der Waals surface area (Å²) >= 11 is 0. The van der Waals surface area contributed by atoms with E-state index in [1.807, 2.05) is 4.90 Å². The molecule has 90 valence electrons. The number of hydrogen-bond acceptors (Lipinski definition) is 3. The van der Waals surface area contributed by atoms with Gasteiger partial charge in [0.2, 0.25) is 5.91 Å². The molecular formula is C12H21N3O. The van der Waals surface area contributed by atoms with Crippen LogP contribution >= 0.6 is 0 Å². The molecule has 2 unspecified atom stereocenters. The van der Waals surface area contributed by atoms with Gasteiger partial charge in [0, 0.05) is 26.2 Å². The van der Waals surface area contributed by atoms with E-state index in [2.05, 4.69) is 10.2 Å². The summed E-state index contributed by atoms with van der Waals surface area (Å²) in [5.41, 5.74) is 0. The second-order valence-electron chi connectivity index (χ2n) is 5.46. The van der Waals surface area contributed by atoms with Crippen molar-refractivity contribution in [1.29, 1.82) is 0 Å². The van der Waals surface area contributed by atoms with Gasteiger partial charge in [-0.25, -0.2) is 0 Å². The average molecular weight is 223 g/mol. The monoisotopic (exact) mass is 223 g/mol. The van der Waals surface area contributed by atoms with Crippen molar-refractivity contribution in [2.24, 2.45) is 11.8 Å². The molecule has 3 fully saturated rings. The van der Waals surface area contributed by atoms with Crippen LogP contribution in [0.25, 0.3) is 0 Å². The molecule has 0 bridgehead atoms. The van der Waals surface area contributed by atoms with Crippen LogP contribution in [0.4, 0.5) is 0 Å². The Bertz CT molecular complexity index is 263. The molecule has 0 aromatic rings. The molecule has 2 atom stereocenters. The molecule has 3 aliphatic rings. The van der Waals surface area contributed by atoms with Crippen molar-refractivity contribution in [3.63, 3.8) is 0 Å². The topological polar surface area (TPSA) is 35.6 Å². The number of rotatable bonds is 2. The quantitative estimate of drug-likeness (QED) is 0.702. The first-order valence-corrected chi connectivity index (χ1v) is 6.54. The number of fused-ring (bicyclic) bond motifs is 1. The number of hydrogen-bond donors (Lipinski definition) is 1. The van der Waals surface area contributed by atoms with E-state index in [9.17, 15) is 4.79 Å². The largest absolute Gasteiger partial charge is 0.342 e. The molecule has 4 heteroatoms. The first kappa shape index (κ1) is 10.5. The fraction of sp³-hybridized carbons (Fsp3) is 0.917. The van der Waals surface area contributed by atoms with E-state index in [4.69, 9.17) is 0 Å². The summed E-state index contributed by atoms with van der Waals surface area (Å²) in [5.74, 6) is 1.95. The van der Waals surface area contributed by atoms with Gasteiger partial charge in [-0.15, -0.1) is 0 Å². The summed E-state index contributed by atoms with van der Waals surface area (Å²) < 4.78 is 0. The fourth-order valence-electron chi connectivity index (χ4n) is 3.34. The molecule has 3 rings (SSSR count). The Labute approximate surface area is 97.0 Å². The summed E-state index contributed by atoms with van der Waals surface area (Å²) in [6, 6.07) is 0. The maximum Gasteiger partial charge on any atom is 0.236 e. The highest BCUT2D eigenvalue weighted by atomic mass is 16.2. The van der Waals surface area contributed by atoms with Gasteiger partial charge < -0.3 is 10.2 Å². The maximum absolute atomic E-state index is 12.0. The number of carbonyl (C=O) groups excluding carboxylic acids is 1. The third kappa shape index (κ3) is 1.96. The lowest BCUT2D eigenvalue weighted by Crippen LogP contribution is -2.39. The minimum Gasteiger partial charge on any atom is -0.342 e.